The lowest BCUT2D eigenvalue weighted by molar-refractivity contribution is 0.949. The Morgan fingerprint density at radius 3 is 0.910 bits per heavy atom. The van der Waals surface area contributed by atoms with Gasteiger partial charge in [0, 0.05) is 82.2 Å². The quantitative estimate of drug-likeness (QED) is 0.125. The van der Waals surface area contributed by atoms with Crippen molar-refractivity contribution in [2.24, 2.45) is 0 Å². The molecule has 0 bridgehead atoms. The Labute approximate surface area is 572 Å². The maximum absolute atomic E-state index is 5.60. The Kier molecular flexibility index (Phi) is 13.0. The van der Waals surface area contributed by atoms with Crippen LogP contribution in [0.2, 0.25) is 0 Å². The summed E-state index contributed by atoms with van der Waals surface area (Å²) in [5, 5.41) is 8.82. The minimum atomic E-state index is 0.497. The molecule has 0 atom stereocenters. The van der Waals surface area contributed by atoms with Crippen molar-refractivity contribution >= 4 is 87.2 Å². The van der Waals surface area contributed by atoms with Gasteiger partial charge in [0.05, 0.1) is 55.5 Å². The van der Waals surface area contributed by atoms with Gasteiger partial charge in [0.2, 0.25) is 17.8 Å². The van der Waals surface area contributed by atoms with Gasteiger partial charge in [-0.15, -0.1) is 0 Å². The first kappa shape index (κ1) is 56.5. The molecule has 0 fully saturated rings. The van der Waals surface area contributed by atoms with Crippen molar-refractivity contribution in [2.45, 2.75) is 0 Å². The monoisotopic (exact) mass is 1280 g/mol. The second-order valence-electron chi connectivity index (χ2n) is 25.1. The highest BCUT2D eigenvalue weighted by atomic mass is 15.2. The van der Waals surface area contributed by atoms with E-state index in [1.807, 2.05) is 84.9 Å². The highest BCUT2D eigenvalue weighted by Crippen LogP contribution is 2.44. The summed E-state index contributed by atoms with van der Waals surface area (Å²) in [7, 11) is 0. The van der Waals surface area contributed by atoms with Gasteiger partial charge in [0.25, 0.3) is 0 Å². The predicted octanol–water partition coefficient (Wildman–Crippen LogP) is 20.9. The molecule has 100 heavy (non-hydrogen) atoms. The van der Waals surface area contributed by atoms with Gasteiger partial charge >= 0.3 is 0 Å². The first-order chi connectivity index (χ1) is 49.6. The summed E-state index contributed by atoms with van der Waals surface area (Å²) >= 11 is 0. The van der Waals surface area contributed by atoms with E-state index in [2.05, 4.69) is 261 Å². The minimum absolute atomic E-state index is 0.497. The molecule has 13 aromatic carbocycles. The van der Waals surface area contributed by atoms with Gasteiger partial charge in [-0.1, -0.05) is 273 Å². The standard InChI is InChI=1S/C88H54N12/c1-6-24-57(25-7-1)72-53-73(90-86(89-72)99-76-40-22-16-34-64(76)68-50-51-69-65-35-17-23-41-77(65)100(81(69)80(68)99)88-95-83(60-28-10-3-11-29-60)91-84(96-88)61-30-12-4-13-31-61)58-46-42-55(43-47-58)56-44-48-62(49-45-56)85-92-82(59-26-8-2-9-27-59)93-87(94-85)98-75-39-21-19-37-67(75)71-52-70-66-36-18-20-38-74(66)97(78(70)54-79(71)98)63-32-14-5-15-33-63/h1-54H. The molecule has 0 saturated carbocycles. The average Bonchev–Trinajstić information content (AvgIpc) is 1.55. The number of aromatic nitrogens is 12. The van der Waals surface area contributed by atoms with Gasteiger partial charge in [-0.05, 0) is 65.7 Å². The fourth-order valence-electron chi connectivity index (χ4n) is 14.7. The van der Waals surface area contributed by atoms with Crippen LogP contribution >= 0.6 is 0 Å². The number of para-hydroxylation sites is 5. The lowest BCUT2D eigenvalue weighted by atomic mass is 10.0. The van der Waals surface area contributed by atoms with Crippen molar-refractivity contribution in [3.05, 3.63) is 328 Å². The second-order valence-corrected chi connectivity index (χ2v) is 25.1. The highest BCUT2D eigenvalue weighted by Gasteiger charge is 2.27. The topological polar surface area (TPSA) is 123 Å². The zero-order chi connectivity index (χ0) is 65.8. The van der Waals surface area contributed by atoms with Crippen molar-refractivity contribution in [3.8, 4) is 103 Å². The summed E-state index contributed by atoms with van der Waals surface area (Å²) in [5.41, 5.74) is 18.2. The third-order valence-electron chi connectivity index (χ3n) is 19.3. The fraction of sp³-hybridized carbons (Fsp3) is 0. The molecule has 0 unspecified atom stereocenters. The first-order valence-corrected chi connectivity index (χ1v) is 33.4. The summed E-state index contributed by atoms with van der Waals surface area (Å²) in [6, 6.07) is 114. The molecule has 0 aliphatic heterocycles. The van der Waals surface area contributed by atoms with E-state index in [1.54, 1.807) is 0 Å². The largest absolute Gasteiger partial charge is 0.309 e. The number of rotatable bonds is 11. The van der Waals surface area contributed by atoms with Gasteiger partial charge in [0.1, 0.15) is 0 Å². The molecule has 20 aromatic rings. The third-order valence-corrected chi connectivity index (χ3v) is 19.3. The van der Waals surface area contributed by atoms with Crippen LogP contribution in [0.3, 0.4) is 0 Å². The van der Waals surface area contributed by atoms with Crippen LogP contribution in [0.1, 0.15) is 0 Å². The zero-order valence-corrected chi connectivity index (χ0v) is 53.5. The molecular formula is C88H54N12. The lowest BCUT2D eigenvalue weighted by Gasteiger charge is -2.14. The molecule has 0 N–H and O–H groups in total. The van der Waals surface area contributed by atoms with Crippen LogP contribution in [0.4, 0.5) is 0 Å². The number of benzene rings is 13. The Balaban J connectivity index is 0.712. The van der Waals surface area contributed by atoms with E-state index in [4.69, 9.17) is 39.9 Å². The van der Waals surface area contributed by atoms with Gasteiger partial charge in [-0.25, -0.2) is 19.9 Å². The molecule has 466 valence electrons. The Morgan fingerprint density at radius 2 is 0.470 bits per heavy atom. The van der Waals surface area contributed by atoms with Crippen molar-refractivity contribution in [1.82, 2.24) is 58.1 Å². The highest BCUT2D eigenvalue weighted by molar-refractivity contribution is 6.24. The second kappa shape index (κ2) is 22.9. The molecule has 20 rings (SSSR count). The van der Waals surface area contributed by atoms with Gasteiger partial charge in [-0.2, -0.15) is 19.9 Å². The van der Waals surface area contributed by atoms with Crippen LogP contribution in [-0.4, -0.2) is 58.1 Å². The van der Waals surface area contributed by atoms with Crippen LogP contribution in [0.5, 0.6) is 0 Å². The molecule has 0 amide bonds. The molecule has 12 nitrogen and oxygen atoms in total. The van der Waals surface area contributed by atoms with E-state index in [0.29, 0.717) is 41.1 Å². The fourth-order valence-corrected chi connectivity index (χ4v) is 14.7. The lowest BCUT2D eigenvalue weighted by Crippen LogP contribution is -2.08. The SMILES string of the molecule is c1ccc(-c2cc(-c3ccc(-c4ccc(-c5nc(-c6ccccc6)nc(-n6c7ccccc7c7cc8c9ccccc9n(-c9ccccc9)c8cc76)n5)cc4)cc3)nc(-n3c4ccccc4c4ccc5c6ccccc6n(-c6nc(-c7ccccc7)nc(-c7ccccc7)n6)c5c43)n2)cc1. The summed E-state index contributed by atoms with van der Waals surface area (Å²) in [4.78, 5) is 42.8. The molecule has 12 heteroatoms. The van der Waals surface area contributed by atoms with E-state index < -0.39 is 0 Å². The molecule has 0 radical (unpaired) electrons. The smallest absolute Gasteiger partial charge is 0.238 e. The molecule has 0 spiro atoms. The van der Waals surface area contributed by atoms with E-state index in [9.17, 15) is 0 Å². The van der Waals surface area contributed by atoms with Crippen LogP contribution in [0, 0.1) is 0 Å². The maximum atomic E-state index is 5.60. The summed E-state index contributed by atoms with van der Waals surface area (Å²) in [6.45, 7) is 0. The number of hydrogen-bond acceptors (Lipinski definition) is 8. The van der Waals surface area contributed by atoms with Crippen molar-refractivity contribution < 1.29 is 0 Å². The maximum Gasteiger partial charge on any atom is 0.238 e. The molecule has 0 aliphatic rings. The van der Waals surface area contributed by atoms with Gasteiger partial charge in [0.15, 0.2) is 23.3 Å². The van der Waals surface area contributed by atoms with Crippen LogP contribution in [0.15, 0.2) is 328 Å². The molecule has 7 aromatic heterocycles. The minimum Gasteiger partial charge on any atom is -0.309 e. The normalized spacial score (nSPS) is 11.8. The van der Waals surface area contributed by atoms with Crippen molar-refractivity contribution in [3.63, 3.8) is 0 Å². The Hall–Kier alpha value is -13.8. The Bertz CT molecular complexity index is 6550. The predicted molar refractivity (Wildman–Crippen MR) is 404 cm³/mol. The van der Waals surface area contributed by atoms with Crippen LogP contribution in [-0.2, 0) is 0 Å². The number of fused-ring (bicyclic) bond motifs is 13. The zero-order valence-electron chi connectivity index (χ0n) is 53.5. The molecular weight excluding hydrogens is 1230 g/mol. The van der Waals surface area contributed by atoms with Crippen molar-refractivity contribution in [1.29, 1.82) is 0 Å². The molecule has 7 heterocycles. The van der Waals surface area contributed by atoms with E-state index >= 15 is 0 Å². The number of hydrogen-bond donors (Lipinski definition) is 0. The third kappa shape index (κ3) is 9.23. The Morgan fingerprint density at radius 1 is 0.170 bits per heavy atom. The summed E-state index contributed by atoms with van der Waals surface area (Å²) < 4.78 is 9.00. The molecule has 0 saturated heterocycles. The van der Waals surface area contributed by atoms with E-state index in [-0.39, 0.29) is 0 Å². The van der Waals surface area contributed by atoms with Crippen LogP contribution in [0.25, 0.3) is 190 Å². The van der Waals surface area contributed by atoms with Gasteiger partial charge < -0.3 is 4.57 Å². The molecule has 0 aliphatic carbocycles. The first-order valence-electron chi connectivity index (χ1n) is 33.4. The number of nitrogens with zero attached hydrogens (tertiary/aromatic N) is 12. The van der Waals surface area contributed by atoms with Crippen molar-refractivity contribution in [2.75, 3.05) is 0 Å². The summed E-state index contributed by atoms with van der Waals surface area (Å²) in [6.07, 6.45) is 0. The van der Waals surface area contributed by atoms with Crippen LogP contribution < -0.4 is 0 Å². The van der Waals surface area contributed by atoms with E-state index in [0.717, 1.165) is 138 Å². The average molecular weight is 1280 g/mol. The summed E-state index contributed by atoms with van der Waals surface area (Å²) in [5.74, 6) is 3.85. The van der Waals surface area contributed by atoms with Gasteiger partial charge in [-0.3, -0.25) is 13.7 Å². The van der Waals surface area contributed by atoms with E-state index in [1.165, 1.54) is 10.8 Å².